The van der Waals surface area contributed by atoms with Gasteiger partial charge in [-0.15, -0.1) is 8.73 Å². The number of nitrogens with one attached hydrogen (secondary N) is 2. The summed E-state index contributed by atoms with van der Waals surface area (Å²) in [6.07, 6.45) is 78.1. The molecule has 2 amide bonds. The van der Waals surface area contributed by atoms with E-state index in [0.29, 0.717) is 44.9 Å². The van der Waals surface area contributed by atoms with Gasteiger partial charge in [0.2, 0.25) is 11.8 Å². The molecule has 0 spiro atoms. The van der Waals surface area contributed by atoms with E-state index in [2.05, 4.69) is 52.2 Å². The normalized spacial score (nSPS) is 13.7. The lowest BCUT2D eigenvalue weighted by atomic mass is 10.00. The van der Waals surface area contributed by atoms with Crippen molar-refractivity contribution in [2.45, 2.75) is 502 Å². The molecule has 0 fully saturated rings. The van der Waals surface area contributed by atoms with Gasteiger partial charge >= 0.3 is 11.9 Å². The van der Waals surface area contributed by atoms with Crippen LogP contribution in [0.15, 0.2) is 0 Å². The molecule has 0 bridgehead atoms. The van der Waals surface area contributed by atoms with E-state index in [1.54, 1.807) is 0 Å². The van der Waals surface area contributed by atoms with Crippen molar-refractivity contribution in [1.82, 2.24) is 10.6 Å². The van der Waals surface area contributed by atoms with Crippen LogP contribution in [0.4, 0.5) is 0 Å². The maximum absolute atomic E-state index is 13.0. The van der Waals surface area contributed by atoms with E-state index in [0.717, 1.165) is 89.9 Å². The molecule has 0 aromatic heterocycles. The molecule has 13 heteroatoms. The van der Waals surface area contributed by atoms with Crippen molar-refractivity contribution in [3.8, 4) is 0 Å². The molecule has 0 rings (SSSR count). The van der Waals surface area contributed by atoms with Gasteiger partial charge in [-0.3, -0.25) is 19.2 Å². The molecule has 2 radical (unpaired) electrons. The average molecular weight is 1410 g/mol. The summed E-state index contributed by atoms with van der Waals surface area (Å²) in [6.45, 7) is 13.4. The lowest BCUT2D eigenvalue weighted by Crippen LogP contribution is -2.36. The summed E-state index contributed by atoms with van der Waals surface area (Å²) in [4.78, 5) is 51.3. The van der Waals surface area contributed by atoms with Crippen LogP contribution in [-0.4, -0.2) is 84.8 Å². The number of hydrogen-bond acceptors (Lipinski definition) is 8. The summed E-state index contributed by atoms with van der Waals surface area (Å²) < 4.78 is 33.1. The largest absolute Gasteiger partial charge is 0.460 e. The number of ether oxygens (including phenoxy) is 2. The topological polar surface area (TPSA) is 140 Å². The molecule has 0 aromatic carbocycles. The van der Waals surface area contributed by atoms with Gasteiger partial charge in [-0.25, -0.2) is 0 Å². The highest BCUT2D eigenvalue weighted by Crippen LogP contribution is 2.22. The van der Waals surface area contributed by atoms with Gasteiger partial charge in [-0.2, -0.15) is 0 Å². The quantitative estimate of drug-likeness (QED) is 0.0237. The Morgan fingerprint density at radius 2 is 0.577 bits per heavy atom. The molecule has 0 aromatic rings. The number of aliphatic hydroxyl groups is 1. The van der Waals surface area contributed by atoms with Gasteiger partial charge < -0.3 is 29.6 Å². The molecule has 0 saturated heterocycles. The van der Waals surface area contributed by atoms with Crippen LogP contribution in [0.25, 0.3) is 0 Å². The minimum atomic E-state index is -3.32. The highest BCUT2D eigenvalue weighted by molar-refractivity contribution is 7.70. The van der Waals surface area contributed by atoms with E-state index in [9.17, 15) is 24.3 Å². The number of carbonyl (C=O) groups excluding carboxylic acids is 4. The third kappa shape index (κ3) is 78.5. The van der Waals surface area contributed by atoms with E-state index in [1.807, 2.05) is 0 Å². The van der Waals surface area contributed by atoms with Crippen LogP contribution in [0, 0.1) is 0 Å². The molecule has 6 atom stereocenters. The molecule has 574 valence electrons. The van der Waals surface area contributed by atoms with Crippen molar-refractivity contribution in [3.05, 3.63) is 0 Å². The van der Waals surface area contributed by atoms with E-state index in [-0.39, 0.29) is 49.1 Å². The first-order valence-electron chi connectivity index (χ1n) is 44.0. The van der Waals surface area contributed by atoms with Gasteiger partial charge in [0.1, 0.15) is 20.7 Å². The second-order valence-corrected chi connectivity index (χ2v) is 32.2. The monoisotopic (exact) mass is 1410 g/mol. The molecule has 0 aliphatic rings. The molecule has 97 heavy (non-hydrogen) atoms. The number of unbranched alkanes of at least 4 members (excludes halogenated alkanes) is 52. The number of hydrogen-bond donors (Lipinski definition) is 3. The maximum atomic E-state index is 13.0. The summed E-state index contributed by atoms with van der Waals surface area (Å²) in [5, 5.41) is 16.6. The third-order valence-corrected chi connectivity index (χ3v) is 20.8. The van der Waals surface area contributed by atoms with Gasteiger partial charge in [-0.05, 0) is 64.2 Å². The fourth-order valence-electron chi connectivity index (χ4n) is 13.4. The molecule has 10 nitrogen and oxygen atoms in total. The van der Waals surface area contributed by atoms with Crippen LogP contribution < -0.4 is 10.6 Å². The molecule has 0 aliphatic carbocycles. The first-order chi connectivity index (χ1) is 48.3. The van der Waals surface area contributed by atoms with Crippen molar-refractivity contribution >= 4 is 48.4 Å². The number of aliphatic hydroxyl groups excluding tert-OH is 1. The summed E-state index contributed by atoms with van der Waals surface area (Å²) in [6, 6.07) is 0.114. The minimum absolute atomic E-state index is 0.0256. The highest BCUT2D eigenvalue weighted by Gasteiger charge is 2.21. The maximum Gasteiger partial charge on any atom is 0.306 e. The third-order valence-electron chi connectivity index (χ3n) is 19.9. The molecule has 0 heterocycles. The summed E-state index contributed by atoms with van der Waals surface area (Å²) >= 11 is 0. The smallest absolute Gasteiger partial charge is 0.306 e. The lowest BCUT2D eigenvalue weighted by molar-refractivity contribution is -0.152. The lowest BCUT2D eigenvalue weighted by Gasteiger charge is -2.24. The first kappa shape index (κ1) is 93.5. The van der Waals surface area contributed by atoms with Crippen LogP contribution in [0.2, 0.25) is 0 Å². The van der Waals surface area contributed by atoms with Crippen LogP contribution in [0.3, 0.4) is 0 Å². The fourth-order valence-corrected chi connectivity index (χ4v) is 14.1. The second kappa shape index (κ2) is 81.8. The van der Waals surface area contributed by atoms with E-state index >= 15 is 0 Å². The van der Waals surface area contributed by atoms with Crippen LogP contribution in [0.5, 0.6) is 0 Å². The summed E-state index contributed by atoms with van der Waals surface area (Å²) in [5.74, 6) is -0.136. The number of esters is 2. The Balaban J connectivity index is 0. The van der Waals surface area contributed by atoms with Crippen LogP contribution in [0.1, 0.15) is 478 Å². The molecule has 3 N–H and O–H groups in total. The summed E-state index contributed by atoms with van der Waals surface area (Å²) in [7, 11) is 2.10. The summed E-state index contributed by atoms with van der Waals surface area (Å²) in [5.41, 5.74) is 0. The molecule has 0 aliphatic heterocycles. The number of carbonyl (C=O) groups is 4. The zero-order valence-corrected chi connectivity index (χ0v) is 67.7. The van der Waals surface area contributed by atoms with Gasteiger partial charge in [-0.1, -0.05) is 388 Å². The molecular weight excluding hydrogens is 1230 g/mol. The van der Waals surface area contributed by atoms with Crippen molar-refractivity contribution < 1.29 is 38.2 Å². The van der Waals surface area contributed by atoms with Crippen LogP contribution in [-0.2, 0) is 33.1 Å². The Labute approximate surface area is 612 Å². The molecule has 4 unspecified atom stereocenters. The van der Waals surface area contributed by atoms with Gasteiger partial charge in [0, 0.05) is 39.0 Å². The van der Waals surface area contributed by atoms with Crippen molar-refractivity contribution in [3.63, 3.8) is 0 Å². The Morgan fingerprint density at radius 3 is 0.835 bits per heavy atom. The van der Waals surface area contributed by atoms with Crippen molar-refractivity contribution in [2.75, 3.05) is 13.2 Å². The molecule has 0 saturated carbocycles. The number of rotatable bonds is 79. The van der Waals surface area contributed by atoms with E-state index in [4.69, 9.17) is 23.9 Å². The Morgan fingerprint density at radius 1 is 0.351 bits per heavy atom. The second-order valence-electron chi connectivity index (χ2n) is 29.7. The van der Waals surface area contributed by atoms with Crippen molar-refractivity contribution in [1.29, 1.82) is 2.51 Å². The zero-order chi connectivity index (χ0) is 72.9. The minimum Gasteiger partial charge on any atom is -0.460 e. The molecular formula is C84H168BN2O8PSi. The predicted molar refractivity (Wildman–Crippen MR) is 427 cm³/mol. The fraction of sp³-hybridized carbons (Fsp3) is 0.952. The first-order valence-corrected chi connectivity index (χ1v) is 46.0. The predicted octanol–water partition coefficient (Wildman–Crippen LogP) is 25.2. The van der Waals surface area contributed by atoms with Gasteiger partial charge in [0.05, 0.1) is 21.9 Å². The Hall–Kier alpha value is -1.49. The highest BCUT2D eigenvalue weighted by atomic mass is 31.3. The zero-order valence-electron chi connectivity index (χ0n) is 67.7. The number of amides is 2. The van der Waals surface area contributed by atoms with E-state index in [1.165, 1.54) is 302 Å². The van der Waals surface area contributed by atoms with Gasteiger partial charge in [0.25, 0.3) is 0 Å². The standard InChI is InChI=1S/C42H85BNO4PSi.C42H83NO4/c1-4-7-10-13-16-18-20-22-25-28-31-34-41(45)44-39(33-30-27-24-15-12-9-6-3)36-37-40(38-47-50(43)49)48-42(46)35-32-29-26-23-21-19-17-14-11-8-5-2;1-4-7-10-13-16-18-20-22-25-28-31-34-41(45)43-39(33-30-27-24-15-12-9-6-3)36-37-40(38-44)47-42(46)35-32-29-26-23-21-19-17-14-11-8-5-2/h39-40,50H,4-38,49H2,1-3H3,(H,44,45);39-40,44H,4-38H2,1-3H3,(H,43,45)/t39?,40-,50?;39?,40-/m00/s1/i49T,50D;/t39?,40-,49?,50?;. The average Bonchev–Trinajstić information content (AvgIpc) is 2.54. The SMILES string of the molecule is CCCCCCCCCCCCCC(=O)NC(CCCCCCCCC)CC[C@@H](CO)OC(=O)CCCCCCCCCCCCC.[2H][Si]([B])(OC[C@H](CCC(CCCCCCCCC)NC(=O)CCCCCCCCCCCCC)OC(=O)CCCCCCCCCCCCC)P[3H]. The van der Waals surface area contributed by atoms with Gasteiger partial charge in [0.15, 0.2) is 0 Å². The van der Waals surface area contributed by atoms with Crippen molar-refractivity contribution in [2.24, 2.45) is 0 Å². The van der Waals surface area contributed by atoms with Crippen LogP contribution >= 0.6 is 8.73 Å². The Bertz CT molecular complexity index is 1700. The Kier molecular flexibility index (Phi) is 78.9. The van der Waals surface area contributed by atoms with E-state index < -0.39 is 29.5 Å².